The highest BCUT2D eigenvalue weighted by atomic mass is 16.6. The molecule has 2 aliphatic heterocycles. The fraction of sp³-hybridized carbons (Fsp3) is 0.647. The predicted molar refractivity (Wildman–Crippen MR) is 88.5 cm³/mol. The van der Waals surface area contributed by atoms with Crippen molar-refractivity contribution in [2.75, 3.05) is 39.8 Å². The van der Waals surface area contributed by atoms with Crippen molar-refractivity contribution in [3.8, 4) is 0 Å². The topological polar surface area (TPSA) is 58.8 Å². The van der Waals surface area contributed by atoms with Gasteiger partial charge >= 0.3 is 0 Å². The van der Waals surface area contributed by atoms with E-state index in [1.165, 1.54) is 6.42 Å². The highest BCUT2D eigenvalue weighted by Gasteiger charge is 2.39. The van der Waals surface area contributed by atoms with Crippen LogP contribution in [0.25, 0.3) is 0 Å². The molecule has 0 N–H and O–H groups in total. The van der Waals surface area contributed by atoms with Crippen LogP contribution in [0.3, 0.4) is 0 Å². The van der Waals surface area contributed by atoms with E-state index in [-0.39, 0.29) is 16.2 Å². The summed E-state index contributed by atoms with van der Waals surface area (Å²) in [6.45, 7) is 7.15. The van der Waals surface area contributed by atoms with Gasteiger partial charge in [0.05, 0.1) is 17.1 Å². The normalized spacial score (nSPS) is 26.5. The van der Waals surface area contributed by atoms with Crippen LogP contribution in [-0.2, 0) is 11.3 Å². The fourth-order valence-electron chi connectivity index (χ4n) is 3.83. The van der Waals surface area contributed by atoms with Gasteiger partial charge in [0.25, 0.3) is 5.69 Å². The Balaban J connectivity index is 1.70. The molecule has 1 aromatic rings. The number of benzene rings is 1. The molecule has 0 bridgehead atoms. The second kappa shape index (κ2) is 6.55. The Morgan fingerprint density at radius 1 is 1.35 bits per heavy atom. The van der Waals surface area contributed by atoms with Gasteiger partial charge in [-0.25, -0.2) is 0 Å². The molecule has 0 aromatic heterocycles. The van der Waals surface area contributed by atoms with E-state index in [0.29, 0.717) is 5.56 Å². The Morgan fingerprint density at radius 2 is 2.17 bits per heavy atom. The van der Waals surface area contributed by atoms with Crippen molar-refractivity contribution in [1.82, 2.24) is 9.80 Å². The number of likely N-dealkylation sites (N-methyl/N-ethyl adjacent to an activating group) is 1. The van der Waals surface area contributed by atoms with Crippen LogP contribution in [0, 0.1) is 17.0 Å². The first-order valence-corrected chi connectivity index (χ1v) is 8.26. The quantitative estimate of drug-likeness (QED) is 0.631. The highest BCUT2D eigenvalue weighted by Crippen LogP contribution is 2.29. The fourth-order valence-corrected chi connectivity index (χ4v) is 3.83. The lowest BCUT2D eigenvalue weighted by molar-refractivity contribution is -0.385. The van der Waals surface area contributed by atoms with Gasteiger partial charge in [0, 0.05) is 37.8 Å². The minimum absolute atomic E-state index is 0.0676. The Bertz CT molecular complexity index is 588. The van der Waals surface area contributed by atoms with Gasteiger partial charge in [-0.2, -0.15) is 0 Å². The van der Waals surface area contributed by atoms with E-state index in [4.69, 9.17) is 4.74 Å². The van der Waals surface area contributed by atoms with Gasteiger partial charge in [-0.05, 0) is 38.9 Å². The lowest BCUT2D eigenvalue weighted by Crippen LogP contribution is -2.58. The maximum Gasteiger partial charge on any atom is 0.272 e. The largest absolute Gasteiger partial charge is 0.371 e. The summed E-state index contributed by atoms with van der Waals surface area (Å²) in [6.07, 6.45) is 2.27. The van der Waals surface area contributed by atoms with Crippen LogP contribution in [0.4, 0.5) is 5.69 Å². The summed E-state index contributed by atoms with van der Waals surface area (Å²) in [5.41, 5.74) is 1.86. The average molecular weight is 319 g/mol. The molecule has 6 nitrogen and oxygen atoms in total. The summed E-state index contributed by atoms with van der Waals surface area (Å²) < 4.78 is 6.13. The summed E-state index contributed by atoms with van der Waals surface area (Å²) >= 11 is 0. The van der Waals surface area contributed by atoms with Crippen LogP contribution >= 0.6 is 0 Å². The van der Waals surface area contributed by atoms with Gasteiger partial charge < -0.3 is 9.64 Å². The third-order valence-electron chi connectivity index (χ3n) is 4.93. The Morgan fingerprint density at radius 3 is 2.91 bits per heavy atom. The summed E-state index contributed by atoms with van der Waals surface area (Å²) in [5.74, 6) is 0. The van der Waals surface area contributed by atoms with E-state index in [1.54, 1.807) is 13.0 Å². The first-order chi connectivity index (χ1) is 11.0. The smallest absolute Gasteiger partial charge is 0.272 e. The van der Waals surface area contributed by atoms with Crippen LogP contribution in [0.15, 0.2) is 18.2 Å². The van der Waals surface area contributed by atoms with E-state index in [9.17, 15) is 10.1 Å². The third-order valence-corrected chi connectivity index (χ3v) is 4.93. The van der Waals surface area contributed by atoms with Gasteiger partial charge in [0.15, 0.2) is 0 Å². The Kier molecular flexibility index (Phi) is 4.66. The van der Waals surface area contributed by atoms with E-state index in [0.717, 1.165) is 51.3 Å². The molecule has 1 aromatic carbocycles. The molecule has 3 rings (SSSR count). The Labute approximate surface area is 137 Å². The molecular weight excluding hydrogens is 294 g/mol. The number of nitrogens with zero attached hydrogens (tertiary/aromatic N) is 3. The molecule has 1 unspecified atom stereocenters. The SMILES string of the molecule is Cc1ccc(CN2CCOC3(CCCN(C)C3)C2)cc1[N+](=O)[O-]. The van der Waals surface area contributed by atoms with E-state index < -0.39 is 0 Å². The van der Waals surface area contributed by atoms with Crippen molar-refractivity contribution in [2.45, 2.75) is 31.9 Å². The summed E-state index contributed by atoms with van der Waals surface area (Å²) in [6, 6.07) is 5.56. The third kappa shape index (κ3) is 3.71. The number of likely N-dealkylation sites (tertiary alicyclic amines) is 1. The van der Waals surface area contributed by atoms with Gasteiger partial charge in [-0.1, -0.05) is 12.1 Å². The number of hydrogen-bond acceptors (Lipinski definition) is 5. The van der Waals surface area contributed by atoms with Crippen LogP contribution in [0.1, 0.15) is 24.0 Å². The molecule has 0 radical (unpaired) electrons. The molecule has 1 atom stereocenters. The molecule has 2 heterocycles. The minimum atomic E-state index is -0.296. The molecule has 2 aliphatic rings. The van der Waals surface area contributed by atoms with Crippen LogP contribution < -0.4 is 0 Å². The summed E-state index contributed by atoms with van der Waals surface area (Å²) in [4.78, 5) is 15.5. The van der Waals surface area contributed by atoms with Gasteiger partial charge in [0.2, 0.25) is 0 Å². The number of nitro groups is 1. The molecule has 2 fully saturated rings. The molecule has 0 aliphatic carbocycles. The number of morpholine rings is 1. The first kappa shape index (κ1) is 16.4. The lowest BCUT2D eigenvalue weighted by atomic mass is 9.91. The first-order valence-electron chi connectivity index (χ1n) is 8.26. The van der Waals surface area contributed by atoms with Crippen molar-refractivity contribution in [3.63, 3.8) is 0 Å². The van der Waals surface area contributed by atoms with Crippen LogP contribution in [-0.4, -0.2) is 60.2 Å². The number of ether oxygens (including phenoxy) is 1. The molecule has 23 heavy (non-hydrogen) atoms. The number of piperidine rings is 1. The minimum Gasteiger partial charge on any atom is -0.371 e. The Hall–Kier alpha value is -1.50. The zero-order valence-electron chi connectivity index (χ0n) is 14.0. The molecule has 2 saturated heterocycles. The second-order valence-corrected chi connectivity index (χ2v) is 6.96. The monoisotopic (exact) mass is 319 g/mol. The van der Waals surface area contributed by atoms with Gasteiger partial charge in [-0.3, -0.25) is 15.0 Å². The van der Waals surface area contributed by atoms with E-state index in [1.807, 2.05) is 12.1 Å². The van der Waals surface area contributed by atoms with E-state index in [2.05, 4.69) is 16.8 Å². The molecule has 0 amide bonds. The standard InChI is InChI=1S/C17H25N3O3/c1-14-4-5-15(10-16(14)20(21)22)11-19-8-9-23-17(13-19)6-3-7-18(2)12-17/h4-5,10H,3,6-9,11-13H2,1-2H3. The molecule has 126 valence electrons. The number of nitro benzene ring substituents is 1. The maximum atomic E-state index is 11.1. The van der Waals surface area contributed by atoms with Crippen LogP contribution in [0.5, 0.6) is 0 Å². The van der Waals surface area contributed by atoms with Gasteiger partial charge in [0.1, 0.15) is 0 Å². The maximum absolute atomic E-state index is 11.1. The van der Waals surface area contributed by atoms with Crippen LogP contribution in [0.2, 0.25) is 0 Å². The summed E-state index contributed by atoms with van der Waals surface area (Å²) in [5, 5.41) is 11.1. The number of rotatable bonds is 3. The highest BCUT2D eigenvalue weighted by molar-refractivity contribution is 5.42. The van der Waals surface area contributed by atoms with E-state index >= 15 is 0 Å². The van der Waals surface area contributed by atoms with Crippen molar-refractivity contribution in [3.05, 3.63) is 39.4 Å². The molecular formula is C17H25N3O3. The van der Waals surface area contributed by atoms with Crippen molar-refractivity contribution < 1.29 is 9.66 Å². The molecule has 6 heteroatoms. The second-order valence-electron chi connectivity index (χ2n) is 6.96. The van der Waals surface area contributed by atoms with Crippen molar-refractivity contribution in [2.24, 2.45) is 0 Å². The van der Waals surface area contributed by atoms with Crippen molar-refractivity contribution >= 4 is 5.69 Å². The number of hydrogen-bond donors (Lipinski definition) is 0. The average Bonchev–Trinajstić information content (AvgIpc) is 2.49. The molecule has 1 spiro atoms. The number of aryl methyl sites for hydroxylation is 1. The lowest BCUT2D eigenvalue weighted by Gasteiger charge is -2.47. The summed E-state index contributed by atoms with van der Waals surface area (Å²) in [7, 11) is 2.15. The molecule has 0 saturated carbocycles. The predicted octanol–water partition coefficient (Wildman–Crippen LogP) is 2.20. The zero-order valence-corrected chi connectivity index (χ0v) is 14.0. The van der Waals surface area contributed by atoms with Gasteiger partial charge in [-0.15, -0.1) is 0 Å². The zero-order chi connectivity index (χ0) is 16.4. The van der Waals surface area contributed by atoms with Crippen molar-refractivity contribution in [1.29, 1.82) is 0 Å².